The van der Waals surface area contributed by atoms with E-state index in [4.69, 9.17) is 4.74 Å². The molecule has 0 aliphatic heterocycles. The number of hydrogen-bond acceptors (Lipinski definition) is 3. The lowest BCUT2D eigenvalue weighted by atomic mass is 10.1. The zero-order valence-corrected chi connectivity index (χ0v) is 15.0. The van der Waals surface area contributed by atoms with Gasteiger partial charge in [-0.2, -0.15) is 5.10 Å². The highest BCUT2D eigenvalue weighted by molar-refractivity contribution is 5.94. The van der Waals surface area contributed by atoms with Crippen molar-refractivity contribution in [2.75, 3.05) is 0 Å². The molecule has 0 radical (unpaired) electrons. The molecule has 27 heavy (non-hydrogen) atoms. The summed E-state index contributed by atoms with van der Waals surface area (Å²) in [4.78, 5) is 12.4. The summed E-state index contributed by atoms with van der Waals surface area (Å²) in [7, 11) is 1.83. The Morgan fingerprint density at radius 2 is 2.04 bits per heavy atom. The molecule has 0 aliphatic rings. The van der Waals surface area contributed by atoms with Gasteiger partial charge in [-0.15, -0.1) is 0 Å². The first-order valence-corrected chi connectivity index (χ1v) is 8.36. The first-order valence-electron chi connectivity index (χ1n) is 8.36. The topological polar surface area (TPSA) is 56.2 Å². The van der Waals surface area contributed by atoms with Crippen LogP contribution in [0.3, 0.4) is 0 Å². The van der Waals surface area contributed by atoms with E-state index in [0.717, 1.165) is 23.4 Å². The van der Waals surface area contributed by atoms with E-state index in [0.29, 0.717) is 17.7 Å². The average Bonchev–Trinajstić information content (AvgIpc) is 2.96. The van der Waals surface area contributed by atoms with Gasteiger partial charge in [0.1, 0.15) is 12.4 Å². The largest absolute Gasteiger partial charge is 0.486 e. The predicted molar refractivity (Wildman–Crippen MR) is 96.2 cm³/mol. The third kappa shape index (κ3) is 4.69. The normalized spacial score (nSPS) is 10.7. The molecular formula is C20H19F2N3O2. The number of nitrogens with one attached hydrogen (secondary N) is 1. The fourth-order valence-electron chi connectivity index (χ4n) is 2.66. The van der Waals surface area contributed by atoms with Gasteiger partial charge in [0.05, 0.1) is 5.69 Å². The highest BCUT2D eigenvalue weighted by atomic mass is 19.1. The van der Waals surface area contributed by atoms with Crippen molar-refractivity contribution in [2.45, 2.75) is 20.1 Å². The smallest absolute Gasteiger partial charge is 0.251 e. The number of aryl methyl sites for hydroxylation is 2. The fourth-order valence-corrected chi connectivity index (χ4v) is 2.66. The van der Waals surface area contributed by atoms with Gasteiger partial charge in [0.2, 0.25) is 0 Å². The number of aromatic nitrogens is 2. The Labute approximate surface area is 155 Å². The van der Waals surface area contributed by atoms with Crippen molar-refractivity contribution < 1.29 is 18.3 Å². The minimum atomic E-state index is -0.768. The lowest BCUT2D eigenvalue weighted by molar-refractivity contribution is 0.0950. The SMILES string of the molecule is Cc1nn(C)cc1CNC(=O)c1cccc(COc2ccc(F)cc2F)c1. The number of halogens is 2. The van der Waals surface area contributed by atoms with Crippen molar-refractivity contribution >= 4 is 5.91 Å². The van der Waals surface area contributed by atoms with E-state index < -0.39 is 11.6 Å². The Kier molecular flexibility index (Phi) is 5.49. The van der Waals surface area contributed by atoms with Crippen LogP contribution in [-0.2, 0) is 20.2 Å². The average molecular weight is 371 g/mol. The molecule has 0 aliphatic carbocycles. The first kappa shape index (κ1) is 18.6. The molecule has 1 aromatic heterocycles. The van der Waals surface area contributed by atoms with E-state index in [9.17, 15) is 13.6 Å². The molecule has 0 atom stereocenters. The van der Waals surface area contributed by atoms with Gasteiger partial charge in [-0.25, -0.2) is 8.78 Å². The molecule has 140 valence electrons. The van der Waals surface area contributed by atoms with Gasteiger partial charge in [-0.1, -0.05) is 12.1 Å². The van der Waals surface area contributed by atoms with Gasteiger partial charge in [-0.3, -0.25) is 9.48 Å². The highest BCUT2D eigenvalue weighted by Crippen LogP contribution is 2.19. The van der Waals surface area contributed by atoms with E-state index in [1.165, 1.54) is 6.07 Å². The number of hydrogen-bond donors (Lipinski definition) is 1. The highest BCUT2D eigenvalue weighted by Gasteiger charge is 2.10. The van der Waals surface area contributed by atoms with Gasteiger partial charge >= 0.3 is 0 Å². The van der Waals surface area contributed by atoms with Crippen LogP contribution in [0.5, 0.6) is 5.75 Å². The van der Waals surface area contributed by atoms with Gasteiger partial charge in [0.25, 0.3) is 5.91 Å². The molecule has 0 saturated heterocycles. The van der Waals surface area contributed by atoms with E-state index in [-0.39, 0.29) is 18.3 Å². The number of benzene rings is 2. The third-order valence-electron chi connectivity index (χ3n) is 4.03. The number of nitrogens with zero attached hydrogens (tertiary/aromatic N) is 2. The summed E-state index contributed by atoms with van der Waals surface area (Å²) in [5.74, 6) is -1.70. The van der Waals surface area contributed by atoms with E-state index in [1.807, 2.05) is 20.2 Å². The van der Waals surface area contributed by atoms with Crippen molar-refractivity contribution in [3.8, 4) is 5.75 Å². The molecule has 0 unspecified atom stereocenters. The van der Waals surface area contributed by atoms with Crippen LogP contribution in [0.4, 0.5) is 8.78 Å². The van der Waals surface area contributed by atoms with E-state index in [2.05, 4.69) is 10.4 Å². The standard InChI is InChI=1S/C20H19F2N3O2/c1-13-16(11-25(2)24-13)10-23-20(26)15-5-3-4-14(8-15)12-27-19-7-6-17(21)9-18(19)22/h3-9,11H,10,12H2,1-2H3,(H,23,26). The molecule has 5 nitrogen and oxygen atoms in total. The van der Waals surface area contributed by atoms with Gasteiger partial charge in [0.15, 0.2) is 11.6 Å². The molecule has 0 spiro atoms. The zero-order chi connectivity index (χ0) is 19.4. The van der Waals surface area contributed by atoms with Crippen molar-refractivity contribution in [1.29, 1.82) is 0 Å². The Balaban J connectivity index is 1.62. The second kappa shape index (κ2) is 7.99. The van der Waals surface area contributed by atoms with Crippen molar-refractivity contribution in [3.63, 3.8) is 0 Å². The number of amides is 1. The monoisotopic (exact) mass is 371 g/mol. The van der Waals surface area contributed by atoms with Crippen LogP contribution in [0.15, 0.2) is 48.7 Å². The summed E-state index contributed by atoms with van der Waals surface area (Å²) in [6, 6.07) is 9.98. The number of rotatable bonds is 6. The summed E-state index contributed by atoms with van der Waals surface area (Å²) in [5.41, 5.74) is 2.97. The van der Waals surface area contributed by atoms with Gasteiger partial charge in [0, 0.05) is 37.0 Å². The number of carbonyl (C=O) groups excluding carboxylic acids is 1. The lowest BCUT2D eigenvalue weighted by Gasteiger charge is -2.09. The Bertz CT molecular complexity index is 970. The van der Waals surface area contributed by atoms with Gasteiger partial charge < -0.3 is 10.1 Å². The predicted octanol–water partition coefficient (Wildman–Crippen LogP) is 3.52. The Morgan fingerprint density at radius 3 is 2.74 bits per heavy atom. The van der Waals surface area contributed by atoms with Crippen molar-refractivity contribution in [1.82, 2.24) is 15.1 Å². The molecule has 1 amide bonds. The molecule has 2 aromatic carbocycles. The maximum absolute atomic E-state index is 13.6. The van der Waals surface area contributed by atoms with Crippen LogP contribution >= 0.6 is 0 Å². The minimum absolute atomic E-state index is 0.0432. The molecule has 3 aromatic rings. The van der Waals surface area contributed by atoms with Crippen LogP contribution in [0.2, 0.25) is 0 Å². The summed E-state index contributed by atoms with van der Waals surface area (Å²) >= 11 is 0. The first-order chi connectivity index (χ1) is 12.9. The Morgan fingerprint density at radius 1 is 1.22 bits per heavy atom. The lowest BCUT2D eigenvalue weighted by Crippen LogP contribution is -2.23. The third-order valence-corrected chi connectivity index (χ3v) is 4.03. The van der Waals surface area contributed by atoms with Crippen molar-refractivity contribution in [3.05, 3.63) is 82.7 Å². The zero-order valence-electron chi connectivity index (χ0n) is 15.0. The van der Waals surface area contributed by atoms with Crippen LogP contribution in [0.25, 0.3) is 0 Å². The molecule has 0 saturated carbocycles. The van der Waals surface area contributed by atoms with Crippen LogP contribution in [-0.4, -0.2) is 15.7 Å². The van der Waals surface area contributed by atoms with E-state index in [1.54, 1.807) is 28.9 Å². The second-order valence-electron chi connectivity index (χ2n) is 6.16. The fraction of sp³-hybridized carbons (Fsp3) is 0.200. The van der Waals surface area contributed by atoms with Crippen LogP contribution < -0.4 is 10.1 Å². The summed E-state index contributed by atoms with van der Waals surface area (Å²) in [6.07, 6.45) is 1.86. The maximum Gasteiger partial charge on any atom is 0.251 e. The van der Waals surface area contributed by atoms with Crippen molar-refractivity contribution in [2.24, 2.45) is 7.05 Å². The molecule has 0 bridgehead atoms. The minimum Gasteiger partial charge on any atom is -0.486 e. The quantitative estimate of drug-likeness (QED) is 0.721. The van der Waals surface area contributed by atoms with Gasteiger partial charge in [-0.05, 0) is 36.8 Å². The molecule has 3 rings (SSSR count). The maximum atomic E-state index is 13.6. The summed E-state index contributed by atoms with van der Waals surface area (Å²) in [5, 5.41) is 7.09. The molecular weight excluding hydrogens is 352 g/mol. The van der Waals surface area contributed by atoms with Crippen LogP contribution in [0.1, 0.15) is 27.2 Å². The number of carbonyl (C=O) groups is 1. The second-order valence-corrected chi connectivity index (χ2v) is 6.16. The Hall–Kier alpha value is -3.22. The molecule has 0 fully saturated rings. The summed E-state index contributed by atoms with van der Waals surface area (Å²) in [6.45, 7) is 2.32. The molecule has 1 heterocycles. The molecule has 7 heteroatoms. The van der Waals surface area contributed by atoms with Crippen LogP contribution in [0, 0.1) is 18.6 Å². The summed E-state index contributed by atoms with van der Waals surface area (Å²) < 4.78 is 33.6. The molecule has 1 N–H and O–H groups in total. The van der Waals surface area contributed by atoms with E-state index >= 15 is 0 Å². The number of ether oxygens (including phenoxy) is 1.